The third-order valence-electron chi connectivity index (χ3n) is 5.40. The zero-order chi connectivity index (χ0) is 18.6. The Balaban J connectivity index is 1.32. The lowest BCUT2D eigenvalue weighted by Crippen LogP contribution is -2.47. The summed E-state index contributed by atoms with van der Waals surface area (Å²) < 4.78 is 1.76. The number of likely N-dealkylation sites (tertiary alicyclic amines) is 2. The number of benzene rings is 1. The average Bonchev–Trinajstić information content (AvgIpc) is 3.42. The van der Waals surface area contributed by atoms with E-state index >= 15 is 0 Å². The van der Waals surface area contributed by atoms with E-state index in [0.29, 0.717) is 25.9 Å². The normalized spacial score (nSPS) is 17.9. The number of urea groups is 1. The Labute approximate surface area is 158 Å². The second-order valence-electron chi connectivity index (χ2n) is 7.23. The van der Waals surface area contributed by atoms with Gasteiger partial charge in [0.25, 0.3) is 0 Å². The maximum absolute atomic E-state index is 12.7. The summed E-state index contributed by atoms with van der Waals surface area (Å²) in [5.41, 5.74) is 1.67. The van der Waals surface area contributed by atoms with Crippen molar-refractivity contribution in [3.05, 3.63) is 42.7 Å². The van der Waals surface area contributed by atoms with Crippen LogP contribution >= 0.6 is 0 Å². The highest BCUT2D eigenvalue weighted by Crippen LogP contribution is 2.22. The minimum absolute atomic E-state index is 0.0286. The molecule has 0 spiro atoms. The molecule has 142 valence electrons. The largest absolute Gasteiger partial charge is 0.326 e. The average molecular weight is 367 g/mol. The molecule has 0 atom stereocenters. The monoisotopic (exact) mass is 367 g/mol. The number of anilines is 1. The van der Waals surface area contributed by atoms with Crippen LogP contribution in [-0.2, 0) is 4.79 Å². The lowest BCUT2D eigenvalue weighted by Gasteiger charge is -2.34. The first-order chi connectivity index (χ1) is 13.2. The van der Waals surface area contributed by atoms with Crippen molar-refractivity contribution >= 4 is 17.6 Å². The van der Waals surface area contributed by atoms with Gasteiger partial charge in [-0.05, 0) is 49.9 Å². The number of hydrogen-bond donors (Lipinski definition) is 1. The SMILES string of the molecule is O=C(Nc1cccc(-n2cccn2)c1)C1CCN(C(=O)N2CCCC2)CC1. The van der Waals surface area contributed by atoms with Crippen LogP contribution in [0.1, 0.15) is 25.7 Å². The van der Waals surface area contributed by atoms with Gasteiger partial charge in [0.2, 0.25) is 5.91 Å². The zero-order valence-electron chi connectivity index (χ0n) is 15.4. The predicted octanol–water partition coefficient (Wildman–Crippen LogP) is 2.74. The van der Waals surface area contributed by atoms with Gasteiger partial charge in [-0.1, -0.05) is 6.07 Å². The van der Waals surface area contributed by atoms with Crippen molar-refractivity contribution in [3.8, 4) is 5.69 Å². The minimum atomic E-state index is -0.0546. The molecule has 2 saturated heterocycles. The van der Waals surface area contributed by atoms with Gasteiger partial charge in [-0.2, -0.15) is 5.10 Å². The summed E-state index contributed by atoms with van der Waals surface area (Å²) in [6.07, 6.45) is 7.22. The van der Waals surface area contributed by atoms with Crippen LogP contribution in [0.3, 0.4) is 0 Å². The third-order valence-corrected chi connectivity index (χ3v) is 5.40. The lowest BCUT2D eigenvalue weighted by atomic mass is 9.96. The summed E-state index contributed by atoms with van der Waals surface area (Å²) in [6.45, 7) is 3.04. The van der Waals surface area contributed by atoms with E-state index in [4.69, 9.17) is 0 Å². The Bertz CT molecular complexity index is 790. The molecule has 7 nitrogen and oxygen atoms in total. The number of aromatic nitrogens is 2. The van der Waals surface area contributed by atoms with Crippen LogP contribution in [0.2, 0.25) is 0 Å². The van der Waals surface area contributed by atoms with E-state index in [1.807, 2.05) is 46.3 Å². The molecule has 1 N–H and O–H groups in total. The van der Waals surface area contributed by atoms with Gasteiger partial charge in [-0.15, -0.1) is 0 Å². The molecule has 0 aliphatic carbocycles. The molecule has 27 heavy (non-hydrogen) atoms. The summed E-state index contributed by atoms with van der Waals surface area (Å²) in [7, 11) is 0. The quantitative estimate of drug-likeness (QED) is 0.907. The highest BCUT2D eigenvalue weighted by atomic mass is 16.2. The van der Waals surface area contributed by atoms with Crippen LogP contribution in [0.25, 0.3) is 5.69 Å². The van der Waals surface area contributed by atoms with E-state index in [2.05, 4.69) is 10.4 Å². The van der Waals surface area contributed by atoms with E-state index in [-0.39, 0.29) is 17.9 Å². The van der Waals surface area contributed by atoms with E-state index < -0.39 is 0 Å². The molecule has 1 aromatic carbocycles. The van der Waals surface area contributed by atoms with Gasteiger partial charge in [0.15, 0.2) is 0 Å². The molecule has 2 aromatic rings. The van der Waals surface area contributed by atoms with Crippen molar-refractivity contribution in [1.29, 1.82) is 0 Å². The molecule has 0 saturated carbocycles. The van der Waals surface area contributed by atoms with Gasteiger partial charge in [0.05, 0.1) is 5.69 Å². The molecule has 0 unspecified atom stereocenters. The van der Waals surface area contributed by atoms with Crippen molar-refractivity contribution in [2.45, 2.75) is 25.7 Å². The molecule has 2 fully saturated rings. The fraction of sp³-hybridized carbons (Fsp3) is 0.450. The van der Waals surface area contributed by atoms with Crippen molar-refractivity contribution in [1.82, 2.24) is 19.6 Å². The van der Waals surface area contributed by atoms with Crippen molar-refractivity contribution in [2.24, 2.45) is 5.92 Å². The number of piperidine rings is 1. The number of amides is 3. The van der Waals surface area contributed by atoms with Crippen LogP contribution in [-0.4, -0.2) is 57.7 Å². The molecule has 3 heterocycles. The van der Waals surface area contributed by atoms with Crippen LogP contribution in [0, 0.1) is 5.92 Å². The maximum atomic E-state index is 12.7. The lowest BCUT2D eigenvalue weighted by molar-refractivity contribution is -0.121. The van der Waals surface area contributed by atoms with E-state index in [1.165, 1.54) is 0 Å². The van der Waals surface area contributed by atoms with Crippen LogP contribution in [0.5, 0.6) is 0 Å². The first kappa shape index (κ1) is 17.6. The number of rotatable bonds is 3. The molecule has 4 rings (SSSR count). The Kier molecular flexibility index (Phi) is 5.09. The summed E-state index contributed by atoms with van der Waals surface area (Å²) >= 11 is 0. The second-order valence-corrected chi connectivity index (χ2v) is 7.23. The fourth-order valence-electron chi connectivity index (χ4n) is 3.83. The molecule has 2 aliphatic heterocycles. The van der Waals surface area contributed by atoms with Gasteiger partial charge >= 0.3 is 6.03 Å². The topological polar surface area (TPSA) is 70.5 Å². The van der Waals surface area contributed by atoms with Crippen molar-refractivity contribution in [3.63, 3.8) is 0 Å². The Morgan fingerprint density at radius 3 is 2.44 bits per heavy atom. The highest BCUT2D eigenvalue weighted by Gasteiger charge is 2.30. The van der Waals surface area contributed by atoms with Crippen molar-refractivity contribution in [2.75, 3.05) is 31.5 Å². The molecule has 1 aromatic heterocycles. The third kappa shape index (κ3) is 3.97. The molecule has 2 aliphatic rings. The Morgan fingerprint density at radius 1 is 1.00 bits per heavy atom. The summed E-state index contributed by atoms with van der Waals surface area (Å²) in [5, 5.41) is 7.24. The molecule has 0 bridgehead atoms. The first-order valence-electron chi connectivity index (χ1n) is 9.65. The minimum Gasteiger partial charge on any atom is -0.326 e. The number of nitrogens with zero attached hydrogens (tertiary/aromatic N) is 4. The van der Waals surface area contributed by atoms with Crippen molar-refractivity contribution < 1.29 is 9.59 Å². The number of carbonyl (C=O) groups excluding carboxylic acids is 2. The molecular formula is C20H25N5O2. The van der Waals surface area contributed by atoms with E-state index in [1.54, 1.807) is 10.9 Å². The van der Waals surface area contributed by atoms with Crippen LogP contribution in [0.4, 0.5) is 10.5 Å². The summed E-state index contributed by atoms with van der Waals surface area (Å²) in [4.78, 5) is 28.9. The fourth-order valence-corrected chi connectivity index (χ4v) is 3.83. The van der Waals surface area contributed by atoms with Gasteiger partial charge in [0, 0.05) is 50.2 Å². The van der Waals surface area contributed by atoms with Gasteiger partial charge < -0.3 is 15.1 Å². The van der Waals surface area contributed by atoms with E-state index in [0.717, 1.165) is 37.3 Å². The predicted molar refractivity (Wildman–Crippen MR) is 103 cm³/mol. The molecule has 3 amide bonds. The van der Waals surface area contributed by atoms with E-state index in [9.17, 15) is 9.59 Å². The Morgan fingerprint density at radius 2 is 1.74 bits per heavy atom. The maximum Gasteiger partial charge on any atom is 0.319 e. The number of hydrogen-bond acceptors (Lipinski definition) is 3. The molecular weight excluding hydrogens is 342 g/mol. The standard InChI is InChI=1S/C20H25N5O2/c26-19(22-17-5-3-6-18(15-17)25-12-4-9-21-25)16-7-13-24(14-8-16)20(27)23-10-1-2-11-23/h3-6,9,12,15-16H,1-2,7-8,10-11,13-14H2,(H,22,26). The number of nitrogens with one attached hydrogen (secondary N) is 1. The first-order valence-corrected chi connectivity index (χ1v) is 9.65. The van der Waals surface area contributed by atoms with Gasteiger partial charge in [-0.25, -0.2) is 9.48 Å². The summed E-state index contributed by atoms with van der Waals surface area (Å²) in [5.74, 6) is -0.0260. The Hall–Kier alpha value is -2.83. The molecule has 0 radical (unpaired) electrons. The second kappa shape index (κ2) is 7.82. The van der Waals surface area contributed by atoms with Crippen LogP contribution < -0.4 is 5.32 Å². The highest BCUT2D eigenvalue weighted by molar-refractivity contribution is 5.93. The zero-order valence-corrected chi connectivity index (χ0v) is 15.4. The smallest absolute Gasteiger partial charge is 0.319 e. The molecule has 7 heteroatoms. The number of carbonyl (C=O) groups is 2. The van der Waals surface area contributed by atoms with Gasteiger partial charge in [0.1, 0.15) is 0 Å². The summed E-state index contributed by atoms with van der Waals surface area (Å²) in [6, 6.07) is 9.66. The van der Waals surface area contributed by atoms with Crippen LogP contribution in [0.15, 0.2) is 42.7 Å². The van der Waals surface area contributed by atoms with Gasteiger partial charge in [-0.3, -0.25) is 4.79 Å².